The molecule has 0 unspecified atom stereocenters. The van der Waals surface area contributed by atoms with Gasteiger partial charge in [-0.3, -0.25) is 10.1 Å². The number of benzene rings is 2. The van der Waals surface area contributed by atoms with E-state index in [9.17, 15) is 4.79 Å². The van der Waals surface area contributed by atoms with Gasteiger partial charge in [0.1, 0.15) is 0 Å². The third-order valence-electron chi connectivity index (χ3n) is 3.56. The minimum Gasteiger partial charge on any atom is -0.324 e. The first kappa shape index (κ1) is 13.4. The summed E-state index contributed by atoms with van der Waals surface area (Å²) in [4.78, 5) is 19.9. The molecular formula is C17H17N3O. The number of fused-ring (bicyclic) bond motifs is 1. The lowest BCUT2D eigenvalue weighted by atomic mass is 9.96. The quantitative estimate of drug-likeness (QED) is 0.765. The van der Waals surface area contributed by atoms with Crippen molar-refractivity contribution in [2.24, 2.45) is 0 Å². The van der Waals surface area contributed by atoms with Crippen LogP contribution in [-0.4, -0.2) is 15.9 Å². The third-order valence-corrected chi connectivity index (χ3v) is 3.56. The molecular weight excluding hydrogens is 262 g/mol. The first-order chi connectivity index (χ1) is 10.3. The van der Waals surface area contributed by atoms with Gasteiger partial charge in [-0.2, -0.15) is 0 Å². The van der Waals surface area contributed by atoms with Gasteiger partial charge in [-0.25, -0.2) is 4.98 Å². The van der Waals surface area contributed by atoms with E-state index in [1.165, 1.54) is 0 Å². The number of para-hydroxylation sites is 2. The van der Waals surface area contributed by atoms with Crippen molar-refractivity contribution in [3.05, 3.63) is 60.2 Å². The number of rotatable bonds is 4. The lowest BCUT2D eigenvalue weighted by Gasteiger charge is -2.14. The van der Waals surface area contributed by atoms with Crippen molar-refractivity contribution in [1.29, 1.82) is 0 Å². The maximum absolute atomic E-state index is 12.4. The van der Waals surface area contributed by atoms with Crippen molar-refractivity contribution in [1.82, 2.24) is 9.97 Å². The summed E-state index contributed by atoms with van der Waals surface area (Å²) in [7, 11) is 0. The van der Waals surface area contributed by atoms with Crippen molar-refractivity contribution >= 4 is 22.9 Å². The summed E-state index contributed by atoms with van der Waals surface area (Å²) >= 11 is 0. The first-order valence-corrected chi connectivity index (χ1v) is 7.08. The Bertz CT molecular complexity index is 716. The Balaban J connectivity index is 1.81. The highest BCUT2D eigenvalue weighted by Gasteiger charge is 2.19. The van der Waals surface area contributed by atoms with Crippen molar-refractivity contribution < 1.29 is 4.79 Å². The summed E-state index contributed by atoms with van der Waals surface area (Å²) in [6, 6.07) is 17.5. The fourth-order valence-electron chi connectivity index (χ4n) is 2.47. The number of hydrogen-bond acceptors (Lipinski definition) is 2. The molecule has 1 amide bonds. The Morgan fingerprint density at radius 1 is 1.14 bits per heavy atom. The lowest BCUT2D eigenvalue weighted by molar-refractivity contribution is -0.117. The molecule has 1 aromatic heterocycles. The number of aromatic nitrogens is 2. The van der Waals surface area contributed by atoms with E-state index >= 15 is 0 Å². The molecule has 0 saturated heterocycles. The van der Waals surface area contributed by atoms with Crippen molar-refractivity contribution in [3.63, 3.8) is 0 Å². The summed E-state index contributed by atoms with van der Waals surface area (Å²) in [5, 5.41) is 2.88. The third kappa shape index (κ3) is 2.79. The van der Waals surface area contributed by atoms with E-state index in [2.05, 4.69) is 15.3 Å². The number of anilines is 1. The summed E-state index contributed by atoms with van der Waals surface area (Å²) in [5.41, 5.74) is 2.79. The largest absolute Gasteiger partial charge is 0.324 e. The van der Waals surface area contributed by atoms with Crippen LogP contribution in [0, 0.1) is 0 Å². The number of hydrogen-bond donors (Lipinski definition) is 2. The van der Waals surface area contributed by atoms with E-state index in [1.807, 2.05) is 61.5 Å². The molecule has 0 aliphatic carbocycles. The lowest BCUT2D eigenvalue weighted by Crippen LogP contribution is -2.21. The van der Waals surface area contributed by atoms with E-state index in [1.54, 1.807) is 0 Å². The Morgan fingerprint density at radius 3 is 2.57 bits per heavy atom. The van der Waals surface area contributed by atoms with Gasteiger partial charge in [-0.05, 0) is 24.1 Å². The van der Waals surface area contributed by atoms with Gasteiger partial charge in [0, 0.05) is 0 Å². The highest BCUT2D eigenvalue weighted by atomic mass is 16.2. The number of amides is 1. The minimum atomic E-state index is -0.167. The van der Waals surface area contributed by atoms with E-state index in [-0.39, 0.29) is 11.8 Å². The highest BCUT2D eigenvalue weighted by molar-refractivity contribution is 5.95. The molecule has 0 aliphatic heterocycles. The Kier molecular flexibility index (Phi) is 3.69. The summed E-state index contributed by atoms with van der Waals surface area (Å²) in [6.45, 7) is 2.01. The number of nitrogens with one attached hydrogen (secondary N) is 2. The molecule has 3 rings (SSSR count). The fraction of sp³-hybridized carbons (Fsp3) is 0.176. The maximum atomic E-state index is 12.4. The molecule has 0 bridgehead atoms. The summed E-state index contributed by atoms with van der Waals surface area (Å²) in [5.74, 6) is 0.290. The monoisotopic (exact) mass is 279 g/mol. The van der Waals surface area contributed by atoms with Gasteiger partial charge in [-0.15, -0.1) is 0 Å². The van der Waals surface area contributed by atoms with Gasteiger partial charge >= 0.3 is 0 Å². The van der Waals surface area contributed by atoms with Crippen LogP contribution in [0.1, 0.15) is 24.8 Å². The number of nitrogens with zero attached hydrogens (tertiary/aromatic N) is 1. The molecule has 0 fully saturated rings. The van der Waals surface area contributed by atoms with E-state index in [4.69, 9.17) is 0 Å². The number of carbonyl (C=O) groups is 1. The number of aromatic amines is 1. The standard InChI is InChI=1S/C17H17N3O/c1-2-13(12-8-4-3-5-9-12)16(21)20-17-18-14-10-6-7-11-15(14)19-17/h3-11,13H,2H2,1H3,(H2,18,19,20,21)/t13-/m0/s1. The maximum Gasteiger partial charge on any atom is 0.234 e. The molecule has 4 heteroatoms. The van der Waals surface area contributed by atoms with E-state index < -0.39 is 0 Å². The predicted molar refractivity (Wildman–Crippen MR) is 84.2 cm³/mol. The molecule has 21 heavy (non-hydrogen) atoms. The summed E-state index contributed by atoms with van der Waals surface area (Å²) in [6.07, 6.45) is 0.746. The average Bonchev–Trinajstić information content (AvgIpc) is 2.91. The van der Waals surface area contributed by atoms with Crippen LogP contribution in [0.25, 0.3) is 11.0 Å². The van der Waals surface area contributed by atoms with E-state index in [0.717, 1.165) is 23.0 Å². The zero-order valence-electron chi connectivity index (χ0n) is 11.8. The molecule has 3 aromatic rings. The van der Waals surface area contributed by atoms with Gasteiger partial charge in [0.25, 0.3) is 0 Å². The van der Waals surface area contributed by atoms with Crippen molar-refractivity contribution in [2.45, 2.75) is 19.3 Å². The van der Waals surface area contributed by atoms with Crippen LogP contribution in [0.2, 0.25) is 0 Å². The molecule has 2 aromatic carbocycles. The highest BCUT2D eigenvalue weighted by Crippen LogP contribution is 2.21. The second-order valence-corrected chi connectivity index (χ2v) is 4.96. The van der Waals surface area contributed by atoms with Crippen LogP contribution in [0.3, 0.4) is 0 Å². The molecule has 0 spiro atoms. The van der Waals surface area contributed by atoms with Gasteiger partial charge < -0.3 is 4.98 Å². The first-order valence-electron chi connectivity index (χ1n) is 7.08. The van der Waals surface area contributed by atoms with E-state index in [0.29, 0.717) is 5.95 Å². The molecule has 1 atom stereocenters. The second kappa shape index (κ2) is 5.79. The predicted octanol–water partition coefficient (Wildman–Crippen LogP) is 3.70. The smallest absolute Gasteiger partial charge is 0.234 e. The fourth-order valence-corrected chi connectivity index (χ4v) is 2.47. The van der Waals surface area contributed by atoms with Crippen LogP contribution in [0.15, 0.2) is 54.6 Å². The average molecular weight is 279 g/mol. The van der Waals surface area contributed by atoms with Gasteiger partial charge in [0.05, 0.1) is 17.0 Å². The Labute approximate surface area is 123 Å². The van der Waals surface area contributed by atoms with Crippen molar-refractivity contribution in [2.75, 3.05) is 5.32 Å². The van der Waals surface area contributed by atoms with Crippen molar-refractivity contribution in [3.8, 4) is 0 Å². The summed E-state index contributed by atoms with van der Waals surface area (Å²) < 4.78 is 0. The molecule has 1 heterocycles. The molecule has 0 radical (unpaired) electrons. The van der Waals surface area contributed by atoms with Gasteiger partial charge in [0.15, 0.2) is 0 Å². The molecule has 2 N–H and O–H groups in total. The SMILES string of the molecule is CC[C@H](C(=O)Nc1nc2ccccc2[nH]1)c1ccccc1. The van der Waals surface area contributed by atoms with Crippen LogP contribution in [0.4, 0.5) is 5.95 Å². The molecule has 0 saturated carbocycles. The topological polar surface area (TPSA) is 57.8 Å². The van der Waals surface area contributed by atoms with Gasteiger partial charge in [0.2, 0.25) is 11.9 Å². The van der Waals surface area contributed by atoms with Crippen LogP contribution in [-0.2, 0) is 4.79 Å². The number of H-pyrrole nitrogens is 1. The van der Waals surface area contributed by atoms with Crippen LogP contribution < -0.4 is 5.32 Å². The Morgan fingerprint density at radius 2 is 1.86 bits per heavy atom. The zero-order valence-corrected chi connectivity index (χ0v) is 11.8. The molecule has 4 nitrogen and oxygen atoms in total. The number of imidazole rings is 1. The molecule has 106 valence electrons. The van der Waals surface area contributed by atoms with Crippen LogP contribution >= 0.6 is 0 Å². The zero-order chi connectivity index (χ0) is 14.7. The van der Waals surface area contributed by atoms with Crippen LogP contribution in [0.5, 0.6) is 0 Å². The van der Waals surface area contributed by atoms with Gasteiger partial charge in [-0.1, -0.05) is 49.4 Å². The second-order valence-electron chi connectivity index (χ2n) is 4.96. The number of carbonyl (C=O) groups excluding carboxylic acids is 1. The normalized spacial score (nSPS) is 12.2. The minimum absolute atomic E-state index is 0.0391. The molecule has 0 aliphatic rings. The Hall–Kier alpha value is -2.62.